The Hall–Kier alpha value is -2.38. The van der Waals surface area contributed by atoms with Crippen molar-refractivity contribution in [3.8, 4) is 5.75 Å². The van der Waals surface area contributed by atoms with Gasteiger partial charge in [0.2, 0.25) is 15.9 Å². The zero-order valence-corrected chi connectivity index (χ0v) is 18.2. The number of nitrogens with zero attached hydrogens (tertiary/aromatic N) is 1. The van der Waals surface area contributed by atoms with Gasteiger partial charge in [-0.3, -0.25) is 4.79 Å². The van der Waals surface area contributed by atoms with Crippen molar-refractivity contribution in [1.29, 1.82) is 0 Å². The Labute approximate surface area is 172 Å². The van der Waals surface area contributed by atoms with Crippen LogP contribution in [0.1, 0.15) is 37.0 Å². The molecule has 0 saturated heterocycles. The summed E-state index contributed by atoms with van der Waals surface area (Å²) in [7, 11) is -3.68. The van der Waals surface area contributed by atoms with Gasteiger partial charge in [0.1, 0.15) is 12.4 Å². The first-order valence-electron chi connectivity index (χ1n) is 9.87. The number of hydrogen-bond donors (Lipinski definition) is 1. The highest BCUT2D eigenvalue weighted by Gasteiger charge is 2.26. The van der Waals surface area contributed by atoms with E-state index >= 15 is 0 Å². The monoisotopic (exact) mass is 416 g/mol. The van der Waals surface area contributed by atoms with Crippen LogP contribution in [0.4, 0.5) is 5.69 Å². The Bertz CT molecular complexity index is 1020. The van der Waals surface area contributed by atoms with E-state index in [-0.39, 0.29) is 17.4 Å². The molecule has 3 rings (SSSR count). The van der Waals surface area contributed by atoms with E-state index in [1.807, 2.05) is 39.0 Å². The molecule has 0 bridgehead atoms. The Balaban J connectivity index is 1.66. The van der Waals surface area contributed by atoms with Gasteiger partial charge in [0.05, 0.1) is 10.9 Å². The lowest BCUT2D eigenvalue weighted by Crippen LogP contribution is -2.36. The summed E-state index contributed by atoms with van der Waals surface area (Å²) in [6.45, 7) is 8.46. The molecule has 0 aliphatic carbocycles. The molecule has 1 N–H and O–H groups in total. The van der Waals surface area contributed by atoms with E-state index in [0.717, 1.165) is 22.6 Å². The first-order chi connectivity index (χ1) is 13.7. The van der Waals surface area contributed by atoms with Gasteiger partial charge in [-0.1, -0.05) is 13.0 Å². The number of carbonyl (C=O) groups excluding carboxylic acids is 1. The van der Waals surface area contributed by atoms with Crippen molar-refractivity contribution in [2.24, 2.45) is 0 Å². The molecule has 1 aliphatic rings. The van der Waals surface area contributed by atoms with Gasteiger partial charge in [-0.25, -0.2) is 13.1 Å². The van der Waals surface area contributed by atoms with Gasteiger partial charge in [0, 0.05) is 18.7 Å². The Kier molecular flexibility index (Phi) is 6.29. The predicted octanol–water partition coefficient (Wildman–Crippen LogP) is 3.35. The topological polar surface area (TPSA) is 75.7 Å². The van der Waals surface area contributed by atoms with Crippen molar-refractivity contribution in [1.82, 2.24) is 4.72 Å². The summed E-state index contributed by atoms with van der Waals surface area (Å²) in [5.41, 5.74) is 4.00. The van der Waals surface area contributed by atoms with Crippen molar-refractivity contribution in [3.63, 3.8) is 0 Å². The van der Waals surface area contributed by atoms with Crippen molar-refractivity contribution in [3.05, 3.63) is 53.1 Å². The van der Waals surface area contributed by atoms with Crippen molar-refractivity contribution < 1.29 is 17.9 Å². The number of rotatable bonds is 7. The first-order valence-corrected chi connectivity index (χ1v) is 11.3. The zero-order valence-electron chi connectivity index (χ0n) is 17.4. The third kappa shape index (κ3) is 4.79. The SMILES string of the molecule is CCC(=O)N1CCc2cc(S(=O)(=O)N[C@H](C)COc3ccc(C)c(C)c3)ccc21. The third-order valence-electron chi connectivity index (χ3n) is 5.20. The van der Waals surface area contributed by atoms with Crippen molar-refractivity contribution in [2.45, 2.75) is 51.5 Å². The number of aryl methyl sites for hydroxylation is 2. The Morgan fingerprint density at radius 2 is 1.93 bits per heavy atom. The van der Waals surface area contributed by atoms with E-state index < -0.39 is 16.1 Å². The second-order valence-corrected chi connectivity index (χ2v) is 9.23. The van der Waals surface area contributed by atoms with Gasteiger partial charge in [-0.2, -0.15) is 0 Å². The molecular formula is C22H28N2O4S. The van der Waals surface area contributed by atoms with Crippen LogP contribution in [-0.2, 0) is 21.2 Å². The minimum Gasteiger partial charge on any atom is -0.492 e. The minimum absolute atomic E-state index is 0.0506. The summed E-state index contributed by atoms with van der Waals surface area (Å²) < 4.78 is 34.0. The van der Waals surface area contributed by atoms with Crippen LogP contribution in [0.3, 0.4) is 0 Å². The summed E-state index contributed by atoms with van der Waals surface area (Å²) in [5, 5.41) is 0. The molecule has 1 amide bonds. The quantitative estimate of drug-likeness (QED) is 0.751. The van der Waals surface area contributed by atoms with Crippen LogP contribution in [0.15, 0.2) is 41.3 Å². The van der Waals surface area contributed by atoms with Crippen LogP contribution in [0.25, 0.3) is 0 Å². The number of sulfonamides is 1. The van der Waals surface area contributed by atoms with Gasteiger partial charge in [-0.15, -0.1) is 0 Å². The normalized spacial score (nSPS) is 14.6. The standard InChI is InChI=1S/C22H28N2O4S/c1-5-22(25)24-11-10-18-13-20(8-9-21(18)24)29(26,27)23-17(4)14-28-19-7-6-15(2)16(3)12-19/h6-9,12-13,17,23H,5,10-11,14H2,1-4H3/t17-/m1/s1. The molecule has 2 aromatic rings. The van der Waals surface area contributed by atoms with E-state index in [1.54, 1.807) is 30.0 Å². The second-order valence-electron chi connectivity index (χ2n) is 7.52. The molecule has 7 heteroatoms. The number of anilines is 1. The maximum Gasteiger partial charge on any atom is 0.240 e. The minimum atomic E-state index is -3.68. The number of carbonyl (C=O) groups is 1. The van der Waals surface area contributed by atoms with E-state index in [1.165, 1.54) is 5.56 Å². The Morgan fingerprint density at radius 3 is 2.62 bits per heavy atom. The number of benzene rings is 2. The molecule has 0 saturated carbocycles. The summed E-state index contributed by atoms with van der Waals surface area (Å²) in [4.78, 5) is 13.9. The summed E-state index contributed by atoms with van der Waals surface area (Å²) in [5.74, 6) is 0.770. The highest BCUT2D eigenvalue weighted by Crippen LogP contribution is 2.30. The van der Waals surface area contributed by atoms with Crippen LogP contribution in [0, 0.1) is 13.8 Å². The fourth-order valence-corrected chi connectivity index (χ4v) is 4.67. The van der Waals surface area contributed by atoms with Gasteiger partial charge >= 0.3 is 0 Å². The molecule has 29 heavy (non-hydrogen) atoms. The van der Waals surface area contributed by atoms with Crippen LogP contribution < -0.4 is 14.4 Å². The lowest BCUT2D eigenvalue weighted by atomic mass is 10.1. The number of ether oxygens (including phenoxy) is 1. The highest BCUT2D eigenvalue weighted by atomic mass is 32.2. The van der Waals surface area contributed by atoms with E-state index in [0.29, 0.717) is 19.4 Å². The van der Waals surface area contributed by atoms with E-state index in [2.05, 4.69) is 4.72 Å². The Morgan fingerprint density at radius 1 is 1.17 bits per heavy atom. The van der Waals surface area contributed by atoms with Crippen LogP contribution in [-0.4, -0.2) is 33.5 Å². The predicted molar refractivity (Wildman–Crippen MR) is 114 cm³/mol. The van der Waals surface area contributed by atoms with Crippen molar-refractivity contribution in [2.75, 3.05) is 18.1 Å². The number of amides is 1. The maximum atomic E-state index is 12.8. The van der Waals surface area contributed by atoms with Crippen LogP contribution in [0.5, 0.6) is 5.75 Å². The fourth-order valence-electron chi connectivity index (χ4n) is 3.39. The van der Waals surface area contributed by atoms with Crippen molar-refractivity contribution >= 4 is 21.6 Å². The molecular weight excluding hydrogens is 388 g/mol. The van der Waals surface area contributed by atoms with Gasteiger partial charge < -0.3 is 9.64 Å². The molecule has 0 unspecified atom stereocenters. The molecule has 156 valence electrons. The van der Waals surface area contributed by atoms with E-state index in [9.17, 15) is 13.2 Å². The molecule has 6 nitrogen and oxygen atoms in total. The lowest BCUT2D eigenvalue weighted by molar-refractivity contribution is -0.118. The number of fused-ring (bicyclic) bond motifs is 1. The van der Waals surface area contributed by atoms with Gasteiger partial charge in [-0.05, 0) is 74.2 Å². The molecule has 0 fully saturated rings. The summed E-state index contributed by atoms with van der Waals surface area (Å²) in [6.07, 6.45) is 1.09. The maximum absolute atomic E-state index is 12.8. The highest BCUT2D eigenvalue weighted by molar-refractivity contribution is 7.89. The molecule has 0 radical (unpaired) electrons. The summed E-state index contributed by atoms with van der Waals surface area (Å²) in [6, 6.07) is 10.4. The average molecular weight is 417 g/mol. The first kappa shape index (κ1) is 21.3. The molecule has 2 aromatic carbocycles. The second kappa shape index (κ2) is 8.55. The number of nitrogens with one attached hydrogen (secondary N) is 1. The average Bonchev–Trinajstić information content (AvgIpc) is 3.11. The smallest absolute Gasteiger partial charge is 0.240 e. The molecule has 1 atom stereocenters. The molecule has 0 spiro atoms. The molecule has 1 aliphatic heterocycles. The summed E-state index contributed by atoms with van der Waals surface area (Å²) >= 11 is 0. The zero-order chi connectivity index (χ0) is 21.2. The largest absolute Gasteiger partial charge is 0.492 e. The molecule has 1 heterocycles. The third-order valence-corrected chi connectivity index (χ3v) is 6.78. The van der Waals surface area contributed by atoms with Gasteiger partial charge in [0.25, 0.3) is 0 Å². The van der Waals surface area contributed by atoms with Crippen LogP contribution >= 0.6 is 0 Å². The van der Waals surface area contributed by atoms with Crippen LogP contribution in [0.2, 0.25) is 0 Å². The fraction of sp³-hybridized carbons (Fsp3) is 0.409. The van der Waals surface area contributed by atoms with E-state index in [4.69, 9.17) is 4.74 Å². The van der Waals surface area contributed by atoms with Gasteiger partial charge in [0.15, 0.2) is 0 Å². The molecule has 0 aromatic heterocycles. The number of hydrogen-bond acceptors (Lipinski definition) is 4. The lowest BCUT2D eigenvalue weighted by Gasteiger charge is -2.18.